The van der Waals surface area contributed by atoms with Crippen molar-refractivity contribution in [2.45, 2.75) is 105 Å². The highest BCUT2D eigenvalue weighted by atomic mass is 19.1. The van der Waals surface area contributed by atoms with Crippen molar-refractivity contribution < 1.29 is 42.2 Å². The van der Waals surface area contributed by atoms with Crippen LogP contribution in [0.4, 0.5) is 8.78 Å². The number of hydrogen-bond acceptors (Lipinski definition) is 15. The van der Waals surface area contributed by atoms with E-state index in [4.69, 9.17) is 14.2 Å². The van der Waals surface area contributed by atoms with Crippen molar-refractivity contribution in [3.05, 3.63) is 267 Å². The maximum absolute atomic E-state index is 13.7. The van der Waals surface area contributed by atoms with Gasteiger partial charge in [0.2, 0.25) is 6.79 Å². The molecule has 4 fully saturated rings. The van der Waals surface area contributed by atoms with Gasteiger partial charge in [0.25, 0.3) is 23.6 Å². The van der Waals surface area contributed by atoms with Crippen molar-refractivity contribution in [2.24, 2.45) is 0 Å². The van der Waals surface area contributed by atoms with E-state index in [0.717, 1.165) is 346 Å². The second-order valence-corrected chi connectivity index (χ2v) is 38.0. The molecule has 5 aliphatic heterocycles. The number of benzene rings is 8. The van der Waals surface area contributed by atoms with Crippen molar-refractivity contribution in [1.82, 2.24) is 77.1 Å². The number of carbonyl (C=O) groups excluding carboxylic acids is 4. The number of piperazine rings is 4. The van der Waals surface area contributed by atoms with Crippen LogP contribution < -0.4 is 14.2 Å². The van der Waals surface area contributed by atoms with E-state index in [1.54, 1.807) is 19.2 Å². The number of aromatic nitrogens is 4. The minimum Gasteiger partial charge on any atom is -0.497 e. The summed E-state index contributed by atoms with van der Waals surface area (Å²) in [6, 6.07) is 61.3. The molecule has 0 bridgehead atoms. The second kappa shape index (κ2) is 48.0. The smallest absolute Gasteiger partial charge is 0.256 e. The van der Waals surface area contributed by atoms with Crippen LogP contribution in [0.25, 0.3) is 43.6 Å². The number of para-hydroxylation sites is 4. The van der Waals surface area contributed by atoms with Gasteiger partial charge in [0.1, 0.15) is 17.4 Å². The number of amides is 4. The van der Waals surface area contributed by atoms with Gasteiger partial charge < -0.3 is 71.7 Å². The summed E-state index contributed by atoms with van der Waals surface area (Å²) in [6.45, 7) is 33.3. The predicted octanol–water partition coefficient (Wildman–Crippen LogP) is 15.6. The number of rotatable bonds is 33. The highest BCUT2D eigenvalue weighted by molar-refractivity contribution is 6.11. The fourth-order valence-electron chi connectivity index (χ4n) is 19.8. The van der Waals surface area contributed by atoms with E-state index in [0.29, 0.717) is 6.79 Å². The van der Waals surface area contributed by atoms with Crippen LogP contribution in [-0.2, 0) is 51.9 Å². The van der Waals surface area contributed by atoms with Gasteiger partial charge in [0.05, 0.1) is 29.4 Å². The molecule has 0 spiro atoms. The Morgan fingerprint density at radius 3 is 0.889 bits per heavy atom. The number of aryl methyl sites for hydroxylation is 4. The highest BCUT2D eigenvalue weighted by Crippen LogP contribution is 2.36. The molecule has 4 aromatic heterocycles. The highest BCUT2D eigenvalue weighted by Gasteiger charge is 2.33. The molecule has 0 unspecified atom stereocenters. The first-order valence-electron chi connectivity index (χ1n) is 48.8. The van der Waals surface area contributed by atoms with Crippen molar-refractivity contribution in [2.75, 3.05) is 227 Å². The average Bonchev–Trinajstić information content (AvgIpc) is 1.63. The molecule has 0 aliphatic carbocycles. The maximum Gasteiger partial charge on any atom is 0.256 e. The van der Waals surface area contributed by atoms with E-state index in [1.165, 1.54) is 34.8 Å². The number of hydrogen-bond donors (Lipinski definition) is 0. The van der Waals surface area contributed by atoms with E-state index >= 15 is 0 Å². The summed E-state index contributed by atoms with van der Waals surface area (Å²) in [5, 5.41) is 4.27. The molecule has 9 heterocycles. The zero-order valence-corrected chi connectivity index (χ0v) is 82.3. The maximum atomic E-state index is 13.7. The number of nitrogens with zero attached hydrogens (tertiary/aromatic N) is 16. The van der Waals surface area contributed by atoms with Gasteiger partial charge in [-0.05, 0) is 257 Å². The SMILES string of the molecule is COc1ccc(CCN2CCN(C(=O)c3c(C)n(CCCN(C)C)c4ccccc34)CC2)cc1.Cc1c(C(=O)N2CCN(CCc3ccc(F)cc3)CC2)c2ccccc2n1CCCN(C)C.Cc1c(C(=O)N2CCN(CCc3ccc4c(c3)OCO4)CC2)c2ccccc2n1CCCN(C)C.Cc1c(C(=O)N2CCN(CCc3cccc(F)c3)CC2)c2ccccc2n1CCCN(C)C. The molecule has 12 aromatic rings. The van der Waals surface area contributed by atoms with E-state index in [2.05, 4.69) is 239 Å². The van der Waals surface area contributed by atoms with Crippen molar-refractivity contribution in [1.29, 1.82) is 0 Å². The molecule has 8 aromatic carbocycles. The number of methoxy groups -OCH3 is 1. The van der Waals surface area contributed by atoms with Crippen LogP contribution in [0.5, 0.6) is 17.2 Å². The van der Waals surface area contributed by atoms with Crippen LogP contribution in [0.2, 0.25) is 0 Å². The Bertz CT molecular complexity index is 5900. The molecule has 135 heavy (non-hydrogen) atoms. The van der Waals surface area contributed by atoms with Crippen LogP contribution >= 0.6 is 0 Å². The molecule has 720 valence electrons. The third-order valence-corrected chi connectivity index (χ3v) is 27.6. The molecule has 25 heteroatoms. The zero-order chi connectivity index (χ0) is 95.2. The minimum absolute atomic E-state index is 0.139. The largest absolute Gasteiger partial charge is 0.497 e. The molecule has 23 nitrogen and oxygen atoms in total. The first-order valence-corrected chi connectivity index (χ1v) is 48.8. The van der Waals surface area contributed by atoms with Gasteiger partial charge >= 0.3 is 0 Å². The standard InChI is InChI=1S/C28H36N4O3.C28H38N4O2.2C27H35FN4O/c1-21-27(23-7-4-5-8-24(23)32(21)13-6-12-29(2)3)28(33)31-17-15-30(16-18-31)14-11-22-9-10-25-26(19-22)35-20-34-25;1-22-27(25-8-5-6-9-26(25)32(22)16-7-15-29(2)3)28(33)31-20-18-30(19-21-31)17-14-23-10-12-24(34-4)13-11-23;1-21-26(24-10-4-5-11-25(24)32(21)14-7-13-29(2)3)27(33)31-18-16-30(17-19-31)15-12-22-8-6-9-23(28)20-22;1-21-26(24-7-4-5-8-25(24)32(21)15-6-14-29(2)3)27(33)31-19-17-30(18-20-31)16-13-22-9-11-23(28)12-10-22/h4-5,7-10,19H,6,11-18,20H2,1-3H3;5-6,8-13H,7,14-21H2,1-4H3;4-6,8-11,20H,7,12-19H2,1-3H3;4-5,7-12H,6,13-20H2,1-3H3. The van der Waals surface area contributed by atoms with Crippen molar-refractivity contribution in [3.63, 3.8) is 0 Å². The first kappa shape index (κ1) is 99.7. The fourth-order valence-corrected chi connectivity index (χ4v) is 19.8. The molecule has 0 radical (unpaired) electrons. The van der Waals surface area contributed by atoms with Crippen LogP contribution in [0.1, 0.15) is 112 Å². The Hall–Kier alpha value is -11.3. The zero-order valence-electron chi connectivity index (χ0n) is 82.3. The van der Waals surface area contributed by atoms with E-state index < -0.39 is 0 Å². The van der Waals surface area contributed by atoms with E-state index in [-0.39, 0.29) is 35.3 Å². The Morgan fingerprint density at radius 1 is 0.304 bits per heavy atom. The summed E-state index contributed by atoms with van der Waals surface area (Å²) >= 11 is 0. The fraction of sp³-hybridized carbons (Fsp3) is 0.455. The third kappa shape index (κ3) is 25.7. The Morgan fingerprint density at radius 2 is 0.585 bits per heavy atom. The van der Waals surface area contributed by atoms with Gasteiger partial charge in [0.15, 0.2) is 11.5 Å². The monoisotopic (exact) mass is 1840 g/mol. The van der Waals surface area contributed by atoms with E-state index in [9.17, 15) is 28.0 Å². The third-order valence-electron chi connectivity index (χ3n) is 27.6. The van der Waals surface area contributed by atoms with Gasteiger partial charge in [-0.1, -0.05) is 115 Å². The topological polar surface area (TPSA) is 155 Å². The van der Waals surface area contributed by atoms with Gasteiger partial charge in [-0.15, -0.1) is 0 Å². The molecule has 0 atom stereocenters. The van der Waals surface area contributed by atoms with Crippen LogP contribution in [0.15, 0.2) is 188 Å². The van der Waals surface area contributed by atoms with Crippen LogP contribution in [0.3, 0.4) is 0 Å². The molecule has 4 saturated heterocycles. The molecule has 17 rings (SSSR count). The van der Waals surface area contributed by atoms with Gasteiger partial charge in [-0.3, -0.25) is 38.8 Å². The molecular formula is C110H144F2N16O7. The Balaban J connectivity index is 0.000000144. The quantitative estimate of drug-likeness (QED) is 0.0383. The lowest BCUT2D eigenvalue weighted by Crippen LogP contribution is -2.49. The number of ether oxygens (including phenoxy) is 3. The van der Waals surface area contributed by atoms with Crippen molar-refractivity contribution in [3.8, 4) is 17.2 Å². The Kier molecular flexibility index (Phi) is 35.4. The number of carbonyl (C=O) groups is 4. The summed E-state index contributed by atoms with van der Waals surface area (Å²) in [7, 11) is 18.5. The lowest BCUT2D eigenvalue weighted by atomic mass is 10.1. The van der Waals surface area contributed by atoms with Crippen LogP contribution in [0, 0.1) is 39.3 Å². The predicted molar refractivity (Wildman–Crippen MR) is 542 cm³/mol. The number of fused-ring (bicyclic) bond motifs is 5. The molecule has 5 aliphatic rings. The lowest BCUT2D eigenvalue weighted by Gasteiger charge is -2.35. The molecule has 0 saturated carbocycles. The summed E-state index contributed by atoms with van der Waals surface area (Å²) in [4.78, 5) is 81.1. The van der Waals surface area contributed by atoms with Gasteiger partial charge in [-0.2, -0.15) is 0 Å². The summed E-state index contributed by atoms with van der Waals surface area (Å²) < 4.78 is 52.0. The van der Waals surface area contributed by atoms with Crippen molar-refractivity contribution >= 4 is 67.2 Å². The Labute approximate surface area is 798 Å². The molecule has 4 amide bonds. The molecule has 0 N–H and O–H groups in total. The normalized spacial score (nSPS) is 15.2. The van der Waals surface area contributed by atoms with Crippen LogP contribution in [-0.4, -0.2) is 328 Å². The second-order valence-electron chi connectivity index (χ2n) is 38.0. The summed E-state index contributed by atoms with van der Waals surface area (Å²) in [5.41, 5.74) is 17.1. The first-order chi connectivity index (χ1) is 65.4. The summed E-state index contributed by atoms with van der Waals surface area (Å²) in [6.07, 6.45) is 7.91. The van der Waals surface area contributed by atoms with Gasteiger partial charge in [-0.25, -0.2) is 8.78 Å². The summed E-state index contributed by atoms with van der Waals surface area (Å²) in [5.74, 6) is 2.82. The average molecular weight is 1840 g/mol. The number of halogens is 2. The minimum atomic E-state index is -0.194. The van der Waals surface area contributed by atoms with Gasteiger partial charge in [0, 0.05) is 223 Å². The lowest BCUT2D eigenvalue weighted by molar-refractivity contribution is 0.0633. The molecular weight excluding hydrogens is 1700 g/mol. The van der Waals surface area contributed by atoms with E-state index in [1.807, 2.05) is 80.3 Å².